The third-order valence-corrected chi connectivity index (χ3v) is 7.55. The predicted octanol–water partition coefficient (Wildman–Crippen LogP) is 3.73. The van der Waals surface area contributed by atoms with E-state index in [1.54, 1.807) is 15.9 Å². The smallest absolute Gasteiger partial charge is 0.268 e. The molecule has 0 spiro atoms. The number of ether oxygens (including phenoxy) is 1. The van der Waals surface area contributed by atoms with Crippen molar-refractivity contribution in [2.75, 3.05) is 37.0 Å². The molecule has 0 unspecified atom stereocenters. The summed E-state index contributed by atoms with van der Waals surface area (Å²) >= 11 is 9.67. The zero-order valence-electron chi connectivity index (χ0n) is 14.6. The van der Waals surface area contributed by atoms with E-state index < -0.39 is 0 Å². The van der Waals surface area contributed by atoms with Crippen molar-refractivity contribution >= 4 is 50.9 Å². The molecule has 1 fully saturated rings. The maximum absolute atomic E-state index is 13.6. The fourth-order valence-electron chi connectivity index (χ4n) is 3.66. The second-order valence-electron chi connectivity index (χ2n) is 6.61. The molecule has 2 aliphatic rings. The van der Waals surface area contributed by atoms with E-state index in [4.69, 9.17) is 21.3 Å². The van der Waals surface area contributed by atoms with Crippen LogP contribution in [-0.2, 0) is 16.9 Å². The van der Waals surface area contributed by atoms with Gasteiger partial charge >= 0.3 is 0 Å². The van der Waals surface area contributed by atoms with Crippen LogP contribution in [0.5, 0.6) is 0 Å². The average Bonchev–Trinajstić information content (AvgIpc) is 3.08. The first-order valence-electron chi connectivity index (χ1n) is 8.96. The maximum atomic E-state index is 13.6. The second-order valence-corrected chi connectivity index (χ2v) is 9.24. The fourth-order valence-corrected chi connectivity index (χ4v) is 6.12. The number of anilines is 1. The van der Waals surface area contributed by atoms with Gasteiger partial charge in [0, 0.05) is 28.7 Å². The van der Waals surface area contributed by atoms with Crippen molar-refractivity contribution in [1.82, 2.24) is 9.55 Å². The molecule has 0 radical (unpaired) electrons. The molecule has 0 atom stereocenters. The molecule has 2 aromatic heterocycles. The Hall–Kier alpha value is -1.54. The summed E-state index contributed by atoms with van der Waals surface area (Å²) in [4.78, 5) is 22.9. The zero-order valence-corrected chi connectivity index (χ0v) is 17.0. The van der Waals surface area contributed by atoms with E-state index in [0.29, 0.717) is 24.2 Å². The molecule has 0 aliphatic carbocycles. The van der Waals surface area contributed by atoms with Crippen LogP contribution in [0.4, 0.5) is 5.95 Å². The molecule has 8 heteroatoms. The van der Waals surface area contributed by atoms with Crippen molar-refractivity contribution < 1.29 is 4.74 Å². The number of thioether (sulfide) groups is 1. The van der Waals surface area contributed by atoms with Crippen LogP contribution in [0.3, 0.4) is 0 Å². The highest BCUT2D eigenvalue weighted by atomic mass is 35.5. The lowest BCUT2D eigenvalue weighted by Crippen LogP contribution is -2.40. The molecule has 0 N–H and O–H groups in total. The predicted molar refractivity (Wildman–Crippen MR) is 113 cm³/mol. The van der Waals surface area contributed by atoms with Gasteiger partial charge in [0.25, 0.3) is 5.56 Å². The molecule has 140 valence electrons. The van der Waals surface area contributed by atoms with Crippen molar-refractivity contribution in [2.45, 2.75) is 12.2 Å². The highest BCUT2D eigenvalue weighted by Gasteiger charge is 2.25. The molecule has 0 saturated carbocycles. The molecule has 5 rings (SSSR count). The summed E-state index contributed by atoms with van der Waals surface area (Å²) in [5, 5.41) is 1.45. The van der Waals surface area contributed by atoms with Gasteiger partial charge in [-0.15, -0.1) is 11.3 Å². The van der Waals surface area contributed by atoms with E-state index in [2.05, 4.69) is 4.90 Å². The molecule has 1 aromatic carbocycles. The lowest BCUT2D eigenvalue weighted by molar-refractivity contribution is 0.122. The minimum absolute atomic E-state index is 0.0215. The topological polar surface area (TPSA) is 47.4 Å². The van der Waals surface area contributed by atoms with Gasteiger partial charge in [0.15, 0.2) is 0 Å². The van der Waals surface area contributed by atoms with E-state index in [-0.39, 0.29) is 5.56 Å². The first-order chi connectivity index (χ1) is 13.2. The van der Waals surface area contributed by atoms with Crippen LogP contribution in [0.1, 0.15) is 10.4 Å². The first kappa shape index (κ1) is 17.6. The quantitative estimate of drug-likeness (QED) is 0.633. The first-order valence-corrected chi connectivity index (χ1v) is 11.3. The molecule has 4 heterocycles. The highest BCUT2D eigenvalue weighted by Crippen LogP contribution is 2.36. The van der Waals surface area contributed by atoms with Crippen molar-refractivity contribution in [3.05, 3.63) is 50.1 Å². The zero-order chi connectivity index (χ0) is 18.4. The highest BCUT2D eigenvalue weighted by molar-refractivity contribution is 7.98. The number of rotatable bonds is 2. The van der Waals surface area contributed by atoms with Gasteiger partial charge in [-0.2, -0.15) is 11.8 Å². The number of hydrogen-bond acceptors (Lipinski definition) is 6. The van der Waals surface area contributed by atoms with Crippen molar-refractivity contribution in [3.63, 3.8) is 0 Å². The number of nitrogens with zero attached hydrogens (tertiary/aromatic N) is 3. The van der Waals surface area contributed by atoms with E-state index in [1.807, 2.05) is 36.0 Å². The largest absolute Gasteiger partial charge is 0.378 e. The number of halogens is 1. The third-order valence-electron chi connectivity index (χ3n) is 5.00. The van der Waals surface area contributed by atoms with Gasteiger partial charge in [-0.05, 0) is 42.0 Å². The van der Waals surface area contributed by atoms with Gasteiger partial charge in [-0.25, -0.2) is 9.55 Å². The van der Waals surface area contributed by atoms with Crippen LogP contribution in [0.25, 0.3) is 15.9 Å². The third kappa shape index (κ3) is 3.06. The van der Waals surface area contributed by atoms with Crippen molar-refractivity contribution in [2.24, 2.45) is 0 Å². The Morgan fingerprint density at radius 1 is 1.15 bits per heavy atom. The Bertz CT molecular complexity index is 1060. The van der Waals surface area contributed by atoms with Crippen molar-refractivity contribution in [1.29, 1.82) is 0 Å². The van der Waals surface area contributed by atoms with Crippen LogP contribution in [-0.4, -0.2) is 41.6 Å². The van der Waals surface area contributed by atoms with Gasteiger partial charge < -0.3 is 9.64 Å². The molecule has 3 aromatic rings. The SMILES string of the molecule is O=c1c2c3c(sc2nc(N2CCOCC2)n1-c1ccc(Cl)cc1)CSCC3. The average molecular weight is 420 g/mol. The number of fused-ring (bicyclic) bond motifs is 3. The molecule has 2 aliphatic heterocycles. The van der Waals surface area contributed by atoms with Crippen LogP contribution in [0.2, 0.25) is 5.02 Å². The number of aryl methyl sites for hydroxylation is 1. The number of benzene rings is 1. The molecule has 27 heavy (non-hydrogen) atoms. The standard InChI is InChI=1S/C19H18ClN3O2S2/c20-12-1-3-13(4-2-12)23-18(24)16-14-5-10-26-11-15(14)27-17(16)21-19(23)22-6-8-25-9-7-22/h1-4H,5-11H2. The molecular formula is C19H18ClN3O2S2. The summed E-state index contributed by atoms with van der Waals surface area (Å²) in [5.41, 5.74) is 2.01. The van der Waals surface area contributed by atoms with Crippen molar-refractivity contribution in [3.8, 4) is 5.69 Å². The Morgan fingerprint density at radius 2 is 1.93 bits per heavy atom. The summed E-state index contributed by atoms with van der Waals surface area (Å²) in [6, 6.07) is 7.40. The lowest BCUT2D eigenvalue weighted by Gasteiger charge is -2.29. The van der Waals surface area contributed by atoms with Crippen LogP contribution in [0.15, 0.2) is 29.1 Å². The summed E-state index contributed by atoms with van der Waals surface area (Å²) in [7, 11) is 0. The second kappa shape index (κ2) is 7.13. The van der Waals surface area contributed by atoms with Gasteiger partial charge in [0.1, 0.15) is 4.83 Å². The Labute approximate surface area is 169 Å². The maximum Gasteiger partial charge on any atom is 0.268 e. The molecular weight excluding hydrogens is 402 g/mol. The van der Waals surface area contributed by atoms with Gasteiger partial charge in [0.05, 0.1) is 24.3 Å². The number of aromatic nitrogens is 2. The number of hydrogen-bond donors (Lipinski definition) is 0. The Kier molecular flexibility index (Phi) is 4.63. The molecule has 1 saturated heterocycles. The summed E-state index contributed by atoms with van der Waals surface area (Å²) in [5.74, 6) is 2.73. The number of thiophene rings is 1. The van der Waals surface area contributed by atoms with Crippen LogP contribution >= 0.6 is 34.7 Å². The minimum Gasteiger partial charge on any atom is -0.378 e. The Morgan fingerprint density at radius 3 is 2.70 bits per heavy atom. The van der Waals surface area contributed by atoms with Gasteiger partial charge in [-0.1, -0.05) is 11.6 Å². The number of morpholine rings is 1. The Balaban J connectivity index is 1.79. The normalized spacial score (nSPS) is 17.3. The van der Waals surface area contributed by atoms with E-state index in [0.717, 1.165) is 46.9 Å². The minimum atomic E-state index is 0.0215. The van der Waals surface area contributed by atoms with E-state index in [1.165, 1.54) is 10.4 Å². The van der Waals surface area contributed by atoms with Gasteiger partial charge in [-0.3, -0.25) is 4.79 Å². The monoisotopic (exact) mass is 419 g/mol. The summed E-state index contributed by atoms with van der Waals surface area (Å²) in [6.45, 7) is 2.75. The summed E-state index contributed by atoms with van der Waals surface area (Å²) < 4.78 is 7.24. The molecule has 5 nitrogen and oxygen atoms in total. The summed E-state index contributed by atoms with van der Waals surface area (Å²) in [6.07, 6.45) is 0.939. The fraction of sp³-hybridized carbons (Fsp3) is 0.368. The lowest BCUT2D eigenvalue weighted by atomic mass is 10.1. The van der Waals surface area contributed by atoms with E-state index in [9.17, 15) is 4.79 Å². The van der Waals surface area contributed by atoms with Gasteiger partial charge in [0.2, 0.25) is 5.95 Å². The van der Waals surface area contributed by atoms with Crippen LogP contribution < -0.4 is 10.5 Å². The van der Waals surface area contributed by atoms with E-state index >= 15 is 0 Å². The molecule has 0 bridgehead atoms. The molecule has 0 amide bonds. The van der Waals surface area contributed by atoms with Crippen LogP contribution in [0, 0.1) is 0 Å².